The zero-order valence-electron chi connectivity index (χ0n) is 10.8. The molecule has 0 bridgehead atoms. The number of hydrogen-bond donors (Lipinski definition) is 2. The van der Waals surface area contributed by atoms with Crippen LogP contribution in [-0.2, 0) is 0 Å². The lowest BCUT2D eigenvalue weighted by Gasteiger charge is -2.15. The van der Waals surface area contributed by atoms with Crippen molar-refractivity contribution >= 4 is 23.1 Å². The van der Waals surface area contributed by atoms with E-state index in [9.17, 15) is 9.59 Å². The van der Waals surface area contributed by atoms with Crippen molar-refractivity contribution in [2.75, 3.05) is 0 Å². The molecule has 2 N–H and O–H groups in total. The molecule has 0 aliphatic rings. The number of benzene rings is 2. The highest BCUT2D eigenvalue weighted by atomic mass is 16.7. The summed E-state index contributed by atoms with van der Waals surface area (Å²) in [6.45, 7) is 3.30. The first kappa shape index (κ1) is 13.7. The summed E-state index contributed by atoms with van der Waals surface area (Å²) in [6.07, 6.45) is -3.06. The summed E-state index contributed by atoms with van der Waals surface area (Å²) in [5.41, 5.74) is 1.01. The second-order valence-electron chi connectivity index (χ2n) is 4.19. The predicted octanol–water partition coefficient (Wildman–Crippen LogP) is 3.57. The SMILES string of the molecule is Cc1c(OC(=O)O)c(OC(=O)O)c(C)c2ccccc12. The lowest BCUT2D eigenvalue weighted by Crippen LogP contribution is -2.11. The lowest BCUT2D eigenvalue weighted by atomic mass is 9.99. The van der Waals surface area contributed by atoms with Crippen LogP contribution >= 0.6 is 0 Å². The number of rotatable bonds is 2. The molecule has 0 radical (unpaired) electrons. The number of aryl methyl sites for hydroxylation is 2. The second kappa shape index (κ2) is 5.08. The summed E-state index contributed by atoms with van der Waals surface area (Å²) >= 11 is 0. The molecule has 0 aliphatic heterocycles. The van der Waals surface area contributed by atoms with Crippen molar-refractivity contribution in [1.82, 2.24) is 0 Å². The molecule has 0 saturated carbocycles. The van der Waals surface area contributed by atoms with Crippen molar-refractivity contribution in [2.24, 2.45) is 0 Å². The van der Waals surface area contributed by atoms with E-state index in [1.54, 1.807) is 38.1 Å². The Morgan fingerprint density at radius 3 is 1.50 bits per heavy atom. The summed E-state index contributed by atoms with van der Waals surface area (Å²) < 4.78 is 9.39. The van der Waals surface area contributed by atoms with Crippen molar-refractivity contribution in [2.45, 2.75) is 13.8 Å². The monoisotopic (exact) mass is 276 g/mol. The molecular weight excluding hydrogens is 264 g/mol. The second-order valence-corrected chi connectivity index (χ2v) is 4.19. The van der Waals surface area contributed by atoms with Crippen LogP contribution in [0.2, 0.25) is 0 Å². The van der Waals surface area contributed by atoms with Crippen LogP contribution in [0.4, 0.5) is 9.59 Å². The number of fused-ring (bicyclic) bond motifs is 1. The summed E-state index contributed by atoms with van der Waals surface area (Å²) in [5, 5.41) is 19.1. The first-order chi connectivity index (χ1) is 9.41. The van der Waals surface area contributed by atoms with Crippen LogP contribution in [-0.4, -0.2) is 22.5 Å². The number of hydrogen-bond acceptors (Lipinski definition) is 4. The van der Waals surface area contributed by atoms with Crippen LogP contribution in [0.5, 0.6) is 11.5 Å². The van der Waals surface area contributed by atoms with E-state index in [0.29, 0.717) is 11.1 Å². The largest absolute Gasteiger partial charge is 0.511 e. The maximum absolute atomic E-state index is 10.8. The van der Waals surface area contributed by atoms with Crippen molar-refractivity contribution in [1.29, 1.82) is 0 Å². The van der Waals surface area contributed by atoms with Crippen LogP contribution < -0.4 is 9.47 Å². The highest BCUT2D eigenvalue weighted by Gasteiger charge is 2.21. The third kappa shape index (κ3) is 2.35. The molecular formula is C14H12O6. The van der Waals surface area contributed by atoms with Crippen molar-refractivity contribution in [3.05, 3.63) is 35.4 Å². The van der Waals surface area contributed by atoms with Gasteiger partial charge in [0.25, 0.3) is 0 Å². The van der Waals surface area contributed by atoms with Gasteiger partial charge in [-0.25, -0.2) is 9.59 Å². The molecule has 0 aliphatic carbocycles. The fourth-order valence-corrected chi connectivity index (χ4v) is 2.14. The van der Waals surface area contributed by atoms with Gasteiger partial charge in [-0.2, -0.15) is 0 Å². The lowest BCUT2D eigenvalue weighted by molar-refractivity contribution is 0.132. The van der Waals surface area contributed by atoms with E-state index in [1.807, 2.05) is 0 Å². The van der Waals surface area contributed by atoms with E-state index < -0.39 is 12.3 Å². The van der Waals surface area contributed by atoms with Gasteiger partial charge in [-0.3, -0.25) is 0 Å². The van der Waals surface area contributed by atoms with Gasteiger partial charge in [0.1, 0.15) is 0 Å². The van der Waals surface area contributed by atoms with Crippen LogP contribution in [0.3, 0.4) is 0 Å². The van der Waals surface area contributed by atoms with E-state index >= 15 is 0 Å². The Morgan fingerprint density at radius 1 is 0.850 bits per heavy atom. The Hall–Kier alpha value is -2.76. The fourth-order valence-electron chi connectivity index (χ4n) is 2.14. The van der Waals surface area contributed by atoms with Crippen LogP contribution in [0.15, 0.2) is 24.3 Å². The molecule has 0 aromatic heterocycles. The summed E-state index contributed by atoms with van der Waals surface area (Å²) in [4.78, 5) is 21.6. The van der Waals surface area contributed by atoms with Gasteiger partial charge >= 0.3 is 12.3 Å². The molecule has 20 heavy (non-hydrogen) atoms. The van der Waals surface area contributed by atoms with E-state index in [1.165, 1.54) is 0 Å². The van der Waals surface area contributed by atoms with Gasteiger partial charge < -0.3 is 19.7 Å². The molecule has 2 aromatic rings. The molecule has 0 atom stereocenters. The molecule has 0 heterocycles. The third-order valence-corrected chi connectivity index (χ3v) is 3.00. The standard InChI is InChI=1S/C14H12O6/c1-7-9-5-3-4-6-10(9)8(2)12(20-14(17)18)11(7)19-13(15)16/h3-6H,1-2H3,(H,15,16)(H,17,18). The molecule has 2 aromatic carbocycles. The summed E-state index contributed by atoms with van der Waals surface area (Å²) in [5.74, 6) is -0.202. The van der Waals surface area contributed by atoms with Crippen molar-refractivity contribution in [3.63, 3.8) is 0 Å². The average molecular weight is 276 g/mol. The molecule has 0 unspecified atom stereocenters. The van der Waals surface area contributed by atoms with Gasteiger partial charge in [-0.05, 0) is 24.6 Å². The summed E-state index contributed by atoms with van der Waals surface area (Å²) in [6, 6.07) is 7.21. The molecule has 2 rings (SSSR count). The molecule has 0 saturated heterocycles. The fraction of sp³-hybridized carbons (Fsp3) is 0.143. The minimum Gasteiger partial charge on any atom is -0.449 e. The molecule has 0 fully saturated rings. The Kier molecular flexibility index (Phi) is 3.47. The molecule has 0 spiro atoms. The Balaban J connectivity index is 2.80. The van der Waals surface area contributed by atoms with Gasteiger partial charge in [0.15, 0.2) is 11.5 Å². The van der Waals surface area contributed by atoms with Crippen molar-refractivity contribution < 1.29 is 29.3 Å². The average Bonchev–Trinajstić information content (AvgIpc) is 2.39. The van der Waals surface area contributed by atoms with Gasteiger partial charge in [-0.1, -0.05) is 24.3 Å². The summed E-state index contributed by atoms with van der Waals surface area (Å²) in [7, 11) is 0. The maximum atomic E-state index is 10.8. The predicted molar refractivity (Wildman–Crippen MR) is 70.7 cm³/mol. The molecule has 104 valence electrons. The third-order valence-electron chi connectivity index (χ3n) is 3.00. The highest BCUT2D eigenvalue weighted by Crippen LogP contribution is 2.41. The Morgan fingerprint density at radius 2 is 1.20 bits per heavy atom. The quantitative estimate of drug-likeness (QED) is 0.643. The zero-order chi connectivity index (χ0) is 14.9. The van der Waals surface area contributed by atoms with Gasteiger partial charge in [0.05, 0.1) is 0 Å². The first-order valence-corrected chi connectivity index (χ1v) is 5.75. The normalized spacial score (nSPS) is 10.3. The maximum Gasteiger partial charge on any atom is 0.511 e. The minimum atomic E-state index is -1.53. The number of carbonyl (C=O) groups is 2. The van der Waals surface area contributed by atoms with E-state index in [-0.39, 0.29) is 11.5 Å². The van der Waals surface area contributed by atoms with E-state index in [0.717, 1.165) is 10.8 Å². The zero-order valence-corrected chi connectivity index (χ0v) is 10.8. The molecule has 6 heteroatoms. The van der Waals surface area contributed by atoms with Gasteiger partial charge in [0.2, 0.25) is 0 Å². The number of carboxylic acid groups (broad SMARTS) is 2. The van der Waals surface area contributed by atoms with Crippen LogP contribution in [0.25, 0.3) is 10.8 Å². The van der Waals surface area contributed by atoms with Crippen LogP contribution in [0, 0.1) is 13.8 Å². The molecule has 0 amide bonds. The number of ether oxygens (including phenoxy) is 2. The smallest absolute Gasteiger partial charge is 0.449 e. The topological polar surface area (TPSA) is 93.1 Å². The van der Waals surface area contributed by atoms with Crippen molar-refractivity contribution in [3.8, 4) is 11.5 Å². The van der Waals surface area contributed by atoms with E-state index in [2.05, 4.69) is 0 Å². The van der Waals surface area contributed by atoms with E-state index in [4.69, 9.17) is 19.7 Å². The highest BCUT2D eigenvalue weighted by molar-refractivity contribution is 5.94. The Bertz CT molecular complexity index is 644. The molecule has 6 nitrogen and oxygen atoms in total. The minimum absolute atomic E-state index is 0.101. The first-order valence-electron chi connectivity index (χ1n) is 5.75. The van der Waals surface area contributed by atoms with Crippen LogP contribution in [0.1, 0.15) is 11.1 Å². The Labute approximate surface area is 114 Å². The van der Waals surface area contributed by atoms with Gasteiger partial charge in [0, 0.05) is 11.1 Å². The van der Waals surface area contributed by atoms with Gasteiger partial charge in [-0.15, -0.1) is 0 Å².